The van der Waals surface area contributed by atoms with Gasteiger partial charge < -0.3 is 5.21 Å². The largest absolute Gasteiger partial charge is 0.411 e. The average molecular weight is 181 g/mol. The van der Waals surface area contributed by atoms with E-state index in [1.54, 1.807) is 0 Å². The van der Waals surface area contributed by atoms with Crippen molar-refractivity contribution in [3.8, 4) is 6.07 Å². The van der Waals surface area contributed by atoms with E-state index in [1.165, 1.54) is 0 Å². The summed E-state index contributed by atoms with van der Waals surface area (Å²) in [5.74, 6) is 0.326. The summed E-state index contributed by atoms with van der Waals surface area (Å²) >= 11 is 0. The molecular weight excluding hydrogens is 166 g/mol. The van der Waals surface area contributed by atoms with E-state index >= 15 is 0 Å². The summed E-state index contributed by atoms with van der Waals surface area (Å²) in [5.41, 5.74) is 0.886. The highest BCUT2D eigenvalue weighted by Crippen LogP contribution is 2.16. The summed E-state index contributed by atoms with van der Waals surface area (Å²) in [6.45, 7) is 4.24. The third kappa shape index (κ3) is 2.43. The van der Waals surface area contributed by atoms with Crippen molar-refractivity contribution in [3.63, 3.8) is 0 Å². The minimum atomic E-state index is 0.326. The number of oxime groups is 1. The lowest BCUT2D eigenvalue weighted by atomic mass is 9.93. The van der Waals surface area contributed by atoms with Crippen molar-refractivity contribution < 1.29 is 5.21 Å². The van der Waals surface area contributed by atoms with Crippen LogP contribution in [0.3, 0.4) is 0 Å². The van der Waals surface area contributed by atoms with Crippen LogP contribution >= 0.6 is 0 Å². The average Bonchev–Trinajstić information content (AvgIpc) is 2.18. The third-order valence-electron chi connectivity index (χ3n) is 2.55. The lowest BCUT2D eigenvalue weighted by Gasteiger charge is -2.30. The molecule has 0 aromatic heterocycles. The molecule has 1 rings (SSSR count). The maximum absolute atomic E-state index is 8.71. The van der Waals surface area contributed by atoms with Crippen LogP contribution in [0.1, 0.15) is 19.8 Å². The van der Waals surface area contributed by atoms with Gasteiger partial charge in [0, 0.05) is 25.4 Å². The summed E-state index contributed by atoms with van der Waals surface area (Å²) in [5, 5.41) is 20.5. The summed E-state index contributed by atoms with van der Waals surface area (Å²) in [6, 6.07) is 2.14. The number of piperidine rings is 1. The Hall–Kier alpha value is -1.08. The van der Waals surface area contributed by atoms with Crippen molar-refractivity contribution in [1.29, 1.82) is 5.26 Å². The van der Waals surface area contributed by atoms with Gasteiger partial charge in [0.05, 0.1) is 18.3 Å². The molecule has 1 unspecified atom stereocenters. The van der Waals surface area contributed by atoms with Gasteiger partial charge in [0.15, 0.2) is 0 Å². The van der Waals surface area contributed by atoms with Gasteiger partial charge in [-0.2, -0.15) is 5.26 Å². The molecule has 0 spiro atoms. The van der Waals surface area contributed by atoms with Crippen LogP contribution in [0.4, 0.5) is 0 Å². The van der Waals surface area contributed by atoms with Gasteiger partial charge in [-0.15, -0.1) is 0 Å². The fraction of sp³-hybridized carbons (Fsp3) is 0.778. The molecule has 0 aromatic carbocycles. The SMILES string of the molecule is CCC1CN(CC#N)CCC1=NO. The maximum atomic E-state index is 8.71. The Morgan fingerprint density at radius 2 is 2.54 bits per heavy atom. The van der Waals surface area contributed by atoms with Crippen molar-refractivity contribution in [2.24, 2.45) is 11.1 Å². The highest BCUT2D eigenvalue weighted by atomic mass is 16.4. The first kappa shape index (κ1) is 10.0. The van der Waals surface area contributed by atoms with Gasteiger partial charge >= 0.3 is 0 Å². The predicted molar refractivity (Wildman–Crippen MR) is 49.7 cm³/mol. The molecule has 0 amide bonds. The van der Waals surface area contributed by atoms with Crippen molar-refractivity contribution in [2.75, 3.05) is 19.6 Å². The topological polar surface area (TPSA) is 59.6 Å². The summed E-state index contributed by atoms with van der Waals surface area (Å²) in [7, 11) is 0. The van der Waals surface area contributed by atoms with E-state index in [1.807, 2.05) is 0 Å². The van der Waals surface area contributed by atoms with E-state index in [2.05, 4.69) is 23.0 Å². The van der Waals surface area contributed by atoms with Gasteiger partial charge in [0.1, 0.15) is 0 Å². The molecule has 1 aliphatic rings. The fourth-order valence-electron chi connectivity index (χ4n) is 1.73. The van der Waals surface area contributed by atoms with Crippen molar-refractivity contribution >= 4 is 5.71 Å². The first-order valence-corrected chi connectivity index (χ1v) is 4.62. The molecule has 1 saturated heterocycles. The molecule has 1 N–H and O–H groups in total. The molecule has 1 fully saturated rings. The second-order valence-electron chi connectivity index (χ2n) is 3.34. The van der Waals surface area contributed by atoms with Gasteiger partial charge in [0.2, 0.25) is 0 Å². The smallest absolute Gasteiger partial charge is 0.0866 e. The minimum absolute atomic E-state index is 0.326. The van der Waals surface area contributed by atoms with Crippen LogP contribution in [0.25, 0.3) is 0 Å². The Kier molecular flexibility index (Phi) is 3.71. The van der Waals surface area contributed by atoms with Crippen LogP contribution in [-0.2, 0) is 0 Å². The molecule has 1 aliphatic heterocycles. The summed E-state index contributed by atoms with van der Waals surface area (Å²) in [6.07, 6.45) is 1.76. The van der Waals surface area contributed by atoms with Gasteiger partial charge in [-0.05, 0) is 6.42 Å². The fourth-order valence-corrected chi connectivity index (χ4v) is 1.73. The highest BCUT2D eigenvalue weighted by molar-refractivity contribution is 5.87. The Morgan fingerprint density at radius 1 is 1.77 bits per heavy atom. The van der Waals surface area contributed by atoms with E-state index in [9.17, 15) is 0 Å². The lowest BCUT2D eigenvalue weighted by Crippen LogP contribution is -2.40. The number of hydrogen-bond acceptors (Lipinski definition) is 4. The van der Waals surface area contributed by atoms with Crippen molar-refractivity contribution in [1.82, 2.24) is 4.90 Å². The van der Waals surface area contributed by atoms with Crippen LogP contribution < -0.4 is 0 Å². The molecule has 72 valence electrons. The van der Waals surface area contributed by atoms with Crippen LogP contribution in [0.15, 0.2) is 5.16 Å². The first-order chi connectivity index (χ1) is 6.31. The van der Waals surface area contributed by atoms with E-state index in [-0.39, 0.29) is 0 Å². The monoisotopic (exact) mass is 181 g/mol. The number of nitrogens with zero attached hydrogens (tertiary/aromatic N) is 3. The molecule has 0 saturated carbocycles. The molecule has 13 heavy (non-hydrogen) atoms. The van der Waals surface area contributed by atoms with E-state index < -0.39 is 0 Å². The van der Waals surface area contributed by atoms with Gasteiger partial charge in [-0.3, -0.25) is 4.90 Å². The van der Waals surface area contributed by atoms with Gasteiger partial charge in [0.25, 0.3) is 0 Å². The zero-order valence-corrected chi connectivity index (χ0v) is 7.90. The molecular formula is C9H15N3O. The van der Waals surface area contributed by atoms with Crippen molar-refractivity contribution in [3.05, 3.63) is 0 Å². The first-order valence-electron chi connectivity index (χ1n) is 4.62. The number of rotatable bonds is 2. The van der Waals surface area contributed by atoms with Gasteiger partial charge in [-0.1, -0.05) is 12.1 Å². The highest BCUT2D eigenvalue weighted by Gasteiger charge is 2.24. The van der Waals surface area contributed by atoms with Crippen molar-refractivity contribution in [2.45, 2.75) is 19.8 Å². The Bertz CT molecular complexity index is 232. The zero-order valence-electron chi connectivity index (χ0n) is 7.90. The second kappa shape index (κ2) is 4.83. The number of nitriles is 1. The summed E-state index contributed by atoms with van der Waals surface area (Å²) in [4.78, 5) is 2.10. The molecule has 0 bridgehead atoms. The van der Waals surface area contributed by atoms with Crippen LogP contribution in [0, 0.1) is 17.2 Å². The predicted octanol–water partition coefficient (Wildman–Crippen LogP) is 1.07. The molecule has 1 heterocycles. The van der Waals surface area contributed by atoms with E-state index in [0.717, 1.165) is 31.6 Å². The number of hydrogen-bond donors (Lipinski definition) is 1. The molecule has 0 radical (unpaired) electrons. The Labute approximate surface area is 78.4 Å². The van der Waals surface area contributed by atoms with Crippen LogP contribution in [0.5, 0.6) is 0 Å². The molecule has 4 heteroatoms. The van der Waals surface area contributed by atoms with E-state index in [0.29, 0.717) is 12.5 Å². The quantitative estimate of drug-likeness (QED) is 0.394. The minimum Gasteiger partial charge on any atom is -0.411 e. The molecule has 0 aromatic rings. The summed E-state index contributed by atoms with van der Waals surface area (Å²) < 4.78 is 0. The number of likely N-dealkylation sites (tertiary alicyclic amines) is 1. The van der Waals surface area contributed by atoms with E-state index in [4.69, 9.17) is 10.5 Å². The van der Waals surface area contributed by atoms with Crippen LogP contribution in [0.2, 0.25) is 0 Å². The molecule has 0 aliphatic carbocycles. The van der Waals surface area contributed by atoms with Gasteiger partial charge in [-0.25, -0.2) is 0 Å². The van der Waals surface area contributed by atoms with Crippen LogP contribution in [-0.4, -0.2) is 35.5 Å². The molecule has 1 atom stereocenters. The maximum Gasteiger partial charge on any atom is 0.0866 e. The zero-order chi connectivity index (χ0) is 9.68. The lowest BCUT2D eigenvalue weighted by molar-refractivity contribution is 0.248. The normalized spacial score (nSPS) is 27.4. The molecule has 4 nitrogen and oxygen atoms in total. The third-order valence-corrected chi connectivity index (χ3v) is 2.55. The second-order valence-corrected chi connectivity index (χ2v) is 3.34. The standard InChI is InChI=1S/C9H15N3O/c1-2-8-7-12(6-4-10)5-3-9(8)11-13/h8,13H,2-3,5-7H2,1H3. The Balaban J connectivity index is 2.53. The Morgan fingerprint density at radius 3 is 3.08 bits per heavy atom.